The largest absolute Gasteiger partial charge is 0.472 e. The SMILES string of the molecule is CC/C=C\C/C=C\C/C=C\C/C=C\C/C=C\C/C=C\CCC(=O)OCC(COP(=O)(O)OCC(O)COP(=O)(O)OCC(O)COC(=O)CCCCCCC/C=C\C/C=C\C/C=C\C/C=C\C/C=C\CC)OC(=O)CCCCCCC/C=C\C/C=C\C/C=C\CC. The first kappa shape index (κ1) is 85.9. The third-order valence-electron chi connectivity index (χ3n) is 12.9. The van der Waals surface area contributed by atoms with Crippen LogP contribution in [0.5, 0.6) is 0 Å². The van der Waals surface area contributed by atoms with Gasteiger partial charge in [-0.2, -0.15) is 0 Å². The highest BCUT2D eigenvalue weighted by atomic mass is 31.2. The molecular formula is C73H116O16P2. The second-order valence-electron chi connectivity index (χ2n) is 21.5. The number of unbranched alkanes of at least 4 members (excludes halogenated alkanes) is 10. The Labute approximate surface area is 548 Å². The van der Waals surface area contributed by atoms with Crippen LogP contribution in [-0.4, -0.2) is 95.9 Å². The lowest BCUT2D eigenvalue weighted by Crippen LogP contribution is -2.30. The second-order valence-corrected chi connectivity index (χ2v) is 24.4. The summed E-state index contributed by atoms with van der Waals surface area (Å²) in [5.74, 6) is -1.73. The molecule has 0 aliphatic heterocycles. The van der Waals surface area contributed by atoms with Gasteiger partial charge in [0.25, 0.3) is 0 Å². The lowest BCUT2D eigenvalue weighted by molar-refractivity contribution is -0.161. The van der Waals surface area contributed by atoms with E-state index >= 15 is 0 Å². The van der Waals surface area contributed by atoms with Crippen molar-refractivity contribution in [2.45, 2.75) is 232 Å². The van der Waals surface area contributed by atoms with Gasteiger partial charge in [-0.25, -0.2) is 9.13 Å². The molecule has 16 nitrogen and oxygen atoms in total. The summed E-state index contributed by atoms with van der Waals surface area (Å²) in [5, 5.41) is 20.5. The van der Waals surface area contributed by atoms with Gasteiger partial charge in [-0.05, 0) is 135 Å². The smallest absolute Gasteiger partial charge is 0.463 e. The molecule has 4 N–H and O–H groups in total. The van der Waals surface area contributed by atoms with E-state index in [4.69, 9.17) is 32.3 Å². The van der Waals surface area contributed by atoms with Gasteiger partial charge < -0.3 is 34.2 Å². The number of aliphatic hydroxyl groups is 2. The van der Waals surface area contributed by atoms with E-state index in [1.165, 1.54) is 0 Å². The number of phosphoric acid groups is 2. The van der Waals surface area contributed by atoms with Crippen LogP contribution in [0.25, 0.3) is 0 Å². The van der Waals surface area contributed by atoms with E-state index in [2.05, 4.69) is 173 Å². The number of carbonyl (C=O) groups excluding carboxylic acids is 3. The molecule has 514 valence electrons. The van der Waals surface area contributed by atoms with Crippen LogP contribution in [0.4, 0.5) is 0 Å². The highest BCUT2D eigenvalue weighted by Crippen LogP contribution is 2.45. The number of phosphoric ester groups is 2. The fourth-order valence-electron chi connectivity index (χ4n) is 7.93. The van der Waals surface area contributed by atoms with Crippen molar-refractivity contribution in [2.24, 2.45) is 0 Å². The maximum Gasteiger partial charge on any atom is 0.472 e. The third-order valence-corrected chi connectivity index (χ3v) is 14.8. The maximum atomic E-state index is 12.9. The minimum absolute atomic E-state index is 0.0339. The van der Waals surface area contributed by atoms with Gasteiger partial charge in [0.1, 0.15) is 25.4 Å². The van der Waals surface area contributed by atoms with Crippen LogP contribution in [0.1, 0.15) is 213 Å². The normalized spacial score (nSPS) is 15.3. The zero-order valence-electron chi connectivity index (χ0n) is 55.4. The zero-order chi connectivity index (χ0) is 66.7. The zero-order valence-corrected chi connectivity index (χ0v) is 57.2. The monoisotopic (exact) mass is 1310 g/mol. The fourth-order valence-corrected chi connectivity index (χ4v) is 9.51. The van der Waals surface area contributed by atoms with Crippen LogP contribution in [-0.2, 0) is 55.8 Å². The van der Waals surface area contributed by atoms with Crippen molar-refractivity contribution in [1.29, 1.82) is 0 Å². The molecule has 0 fully saturated rings. The lowest BCUT2D eigenvalue weighted by atomic mass is 10.1. The van der Waals surface area contributed by atoms with Gasteiger partial charge in [0.05, 0.1) is 26.4 Å². The quantitative estimate of drug-likeness (QED) is 0.0146. The molecule has 0 heterocycles. The molecular weight excluding hydrogens is 1190 g/mol. The molecule has 0 aliphatic rings. The van der Waals surface area contributed by atoms with Crippen molar-refractivity contribution in [3.63, 3.8) is 0 Å². The molecule has 0 radical (unpaired) electrons. The summed E-state index contributed by atoms with van der Waals surface area (Å²) in [5.41, 5.74) is 0. The first-order valence-electron chi connectivity index (χ1n) is 33.4. The molecule has 91 heavy (non-hydrogen) atoms. The Morgan fingerprint density at radius 3 is 0.934 bits per heavy atom. The van der Waals surface area contributed by atoms with Gasteiger partial charge in [0.2, 0.25) is 0 Å². The Kier molecular flexibility index (Phi) is 61.4. The number of rotatable bonds is 61. The van der Waals surface area contributed by atoms with Crippen LogP contribution >= 0.6 is 15.6 Å². The van der Waals surface area contributed by atoms with Crippen LogP contribution in [0.3, 0.4) is 0 Å². The van der Waals surface area contributed by atoms with E-state index in [0.29, 0.717) is 25.7 Å². The predicted molar refractivity (Wildman–Crippen MR) is 371 cm³/mol. The highest BCUT2D eigenvalue weighted by Gasteiger charge is 2.29. The first-order valence-corrected chi connectivity index (χ1v) is 36.4. The molecule has 0 aromatic rings. The van der Waals surface area contributed by atoms with Gasteiger partial charge in [-0.3, -0.25) is 32.5 Å². The van der Waals surface area contributed by atoms with E-state index in [9.17, 15) is 43.5 Å². The molecule has 5 unspecified atom stereocenters. The van der Waals surface area contributed by atoms with Crippen molar-refractivity contribution < 1.29 is 75.8 Å². The number of ether oxygens (including phenoxy) is 3. The van der Waals surface area contributed by atoms with E-state index in [-0.39, 0.29) is 19.3 Å². The van der Waals surface area contributed by atoms with Crippen LogP contribution in [0.15, 0.2) is 170 Å². The average molecular weight is 1310 g/mol. The van der Waals surface area contributed by atoms with Gasteiger partial charge in [-0.1, -0.05) is 229 Å². The number of hydrogen-bond acceptors (Lipinski definition) is 14. The van der Waals surface area contributed by atoms with Crippen molar-refractivity contribution in [3.8, 4) is 0 Å². The molecule has 0 rings (SSSR count). The Morgan fingerprint density at radius 2 is 0.571 bits per heavy atom. The number of carbonyl (C=O) groups is 3. The van der Waals surface area contributed by atoms with Crippen LogP contribution in [0.2, 0.25) is 0 Å². The number of aliphatic hydroxyl groups excluding tert-OH is 2. The van der Waals surface area contributed by atoms with Crippen LogP contribution in [0, 0.1) is 0 Å². The topological polar surface area (TPSA) is 231 Å². The standard InChI is InChI=1S/C73H116O16P2/c1-4-7-10-13-16-19-22-25-28-30-32-33-35-37-39-41-44-47-50-53-56-59-71(76)83-62-68(74)63-85-90(79,80)86-64-69(75)65-87-91(81,82)88-67-70(89-73(78)61-58-55-52-49-46-43-38-27-24-21-18-15-12-9-6-3)66-84-72(77)60-57-54-51-48-45-42-40-36-34-31-29-26-23-20-17-14-11-8-5-2/h7-12,16-21,25-29,32-34,36-39,42,45,51,54,68-70,74-75H,4-6,13-15,22-24,30-31,35,40-41,43-44,46-50,52-53,55-67H2,1-3H3,(H,79,80)(H,81,82)/b10-7-,11-8-,12-9-,19-16-,20-17-,21-18-,28-25-,29-26-,33-32-,36-34-,38-27-,39-37-,45-42-,54-51-. The van der Waals surface area contributed by atoms with Gasteiger partial charge in [0, 0.05) is 19.3 Å². The minimum Gasteiger partial charge on any atom is -0.463 e. The molecule has 0 saturated heterocycles. The molecule has 18 heteroatoms. The Bertz CT molecular complexity index is 2340. The van der Waals surface area contributed by atoms with E-state index in [0.717, 1.165) is 148 Å². The third kappa shape index (κ3) is 66.2. The average Bonchev–Trinajstić information content (AvgIpc) is 3.08. The molecule has 0 aromatic heterocycles. The summed E-state index contributed by atoms with van der Waals surface area (Å²) in [6.07, 6.45) is 79.9. The summed E-state index contributed by atoms with van der Waals surface area (Å²) in [4.78, 5) is 58.3. The maximum absolute atomic E-state index is 12.9. The summed E-state index contributed by atoms with van der Waals surface area (Å²) in [7, 11) is -9.82. The molecule has 0 bridgehead atoms. The molecule has 0 aliphatic carbocycles. The molecule has 0 amide bonds. The summed E-state index contributed by atoms with van der Waals surface area (Å²) in [6, 6.07) is 0. The molecule has 0 saturated carbocycles. The number of esters is 3. The number of hydrogen-bond donors (Lipinski definition) is 4. The van der Waals surface area contributed by atoms with Gasteiger partial charge in [-0.15, -0.1) is 0 Å². The van der Waals surface area contributed by atoms with Crippen molar-refractivity contribution in [1.82, 2.24) is 0 Å². The van der Waals surface area contributed by atoms with E-state index in [1.54, 1.807) is 0 Å². The van der Waals surface area contributed by atoms with Crippen molar-refractivity contribution in [3.05, 3.63) is 170 Å². The van der Waals surface area contributed by atoms with Crippen molar-refractivity contribution in [2.75, 3.05) is 39.6 Å². The fraction of sp³-hybridized carbons (Fsp3) is 0.575. The summed E-state index contributed by atoms with van der Waals surface area (Å²) in [6.45, 7) is 2.15. The Morgan fingerprint density at radius 1 is 0.308 bits per heavy atom. The Hall–Kier alpha value is -5.09. The van der Waals surface area contributed by atoms with Gasteiger partial charge in [0.15, 0.2) is 6.10 Å². The highest BCUT2D eigenvalue weighted by molar-refractivity contribution is 7.47. The molecule has 0 aromatic carbocycles. The second kappa shape index (κ2) is 65.0. The first-order chi connectivity index (χ1) is 44.2. The lowest BCUT2D eigenvalue weighted by Gasteiger charge is -2.21. The molecule has 0 spiro atoms. The summed E-state index contributed by atoms with van der Waals surface area (Å²) < 4.78 is 60.7. The van der Waals surface area contributed by atoms with Crippen LogP contribution < -0.4 is 0 Å². The predicted octanol–water partition coefficient (Wildman–Crippen LogP) is 18.5. The van der Waals surface area contributed by atoms with E-state index < -0.39 is 91.5 Å². The number of allylic oxidation sites excluding steroid dienone is 28. The van der Waals surface area contributed by atoms with Crippen molar-refractivity contribution >= 4 is 33.6 Å². The van der Waals surface area contributed by atoms with Gasteiger partial charge >= 0.3 is 33.6 Å². The Balaban J connectivity index is 4.78. The minimum atomic E-state index is -4.95. The summed E-state index contributed by atoms with van der Waals surface area (Å²) >= 11 is 0. The van der Waals surface area contributed by atoms with E-state index in [1.807, 2.05) is 18.2 Å². The molecule has 5 atom stereocenters.